The third-order valence-electron chi connectivity index (χ3n) is 4.50. The van der Waals surface area contributed by atoms with Crippen molar-refractivity contribution in [2.45, 2.75) is 19.6 Å². The van der Waals surface area contributed by atoms with E-state index < -0.39 is 10.8 Å². The van der Waals surface area contributed by atoms with Crippen LogP contribution in [-0.4, -0.2) is 27.9 Å². The van der Waals surface area contributed by atoms with E-state index in [2.05, 4.69) is 10.3 Å². The van der Waals surface area contributed by atoms with Gasteiger partial charge in [0, 0.05) is 24.9 Å². The number of pyridine rings is 1. The van der Waals surface area contributed by atoms with Gasteiger partial charge in [0.25, 0.3) is 11.6 Å². The van der Waals surface area contributed by atoms with Gasteiger partial charge in [0.1, 0.15) is 12.3 Å². The zero-order chi connectivity index (χ0) is 21.5. The molecule has 8 nitrogen and oxygen atoms in total. The highest BCUT2D eigenvalue weighted by atomic mass is 16.7. The predicted molar refractivity (Wildman–Crippen MR) is 113 cm³/mol. The second-order valence-corrected chi connectivity index (χ2v) is 6.67. The van der Waals surface area contributed by atoms with Gasteiger partial charge in [-0.25, -0.2) is 5.06 Å². The van der Waals surface area contributed by atoms with Gasteiger partial charge in [-0.3, -0.25) is 24.7 Å². The molecule has 8 heteroatoms. The number of carbonyl (C=O) groups is 1. The van der Waals surface area contributed by atoms with Crippen molar-refractivity contribution in [3.63, 3.8) is 0 Å². The van der Waals surface area contributed by atoms with E-state index in [4.69, 9.17) is 4.84 Å². The number of nitro groups is 1. The molecule has 1 heterocycles. The van der Waals surface area contributed by atoms with Gasteiger partial charge in [-0.1, -0.05) is 36.4 Å². The number of nitro benzene ring substituents is 1. The van der Waals surface area contributed by atoms with Crippen LogP contribution in [0.1, 0.15) is 34.6 Å². The zero-order valence-corrected chi connectivity index (χ0v) is 16.7. The van der Waals surface area contributed by atoms with Crippen LogP contribution >= 0.6 is 0 Å². The highest BCUT2D eigenvalue weighted by Crippen LogP contribution is 2.29. The van der Waals surface area contributed by atoms with Crippen LogP contribution in [0.25, 0.3) is 0 Å². The Hall–Kier alpha value is -3.78. The monoisotopic (exact) mass is 406 g/mol. The van der Waals surface area contributed by atoms with Crippen molar-refractivity contribution in [2.75, 3.05) is 12.4 Å². The minimum absolute atomic E-state index is 0.160. The van der Waals surface area contributed by atoms with E-state index in [0.717, 1.165) is 16.3 Å². The lowest BCUT2D eigenvalue weighted by atomic mass is 10.1. The summed E-state index contributed by atoms with van der Waals surface area (Å²) in [6.45, 7) is 2.07. The summed E-state index contributed by atoms with van der Waals surface area (Å²) in [6, 6.07) is 18.9. The number of carbonyl (C=O) groups excluding carboxylic acids is 1. The van der Waals surface area contributed by atoms with Crippen molar-refractivity contribution in [2.24, 2.45) is 0 Å². The van der Waals surface area contributed by atoms with E-state index in [1.807, 2.05) is 49.4 Å². The smallest absolute Gasteiger partial charge is 0.293 e. The summed E-state index contributed by atoms with van der Waals surface area (Å²) in [5, 5.41) is 15.8. The number of hydrogen-bond acceptors (Lipinski definition) is 6. The molecule has 0 aliphatic rings. The molecule has 154 valence electrons. The molecule has 0 unspecified atom stereocenters. The first kappa shape index (κ1) is 20.9. The van der Waals surface area contributed by atoms with Crippen LogP contribution in [0.15, 0.2) is 72.9 Å². The molecule has 0 spiro atoms. The standard InChI is InChI=1S/C22H22N4O4/c1-16(19-10-6-7-13-23-19)24-20-12-11-18(14-21(20)26(28)29)22(27)25(2)30-15-17-8-4-3-5-9-17/h3-14,16,24H,15H2,1-2H3/t16-/m0/s1. The van der Waals surface area contributed by atoms with Crippen LogP contribution in [0.4, 0.5) is 11.4 Å². The van der Waals surface area contributed by atoms with Gasteiger partial charge >= 0.3 is 0 Å². The number of benzene rings is 2. The van der Waals surface area contributed by atoms with Crippen molar-refractivity contribution in [1.82, 2.24) is 10.0 Å². The number of hydroxylamine groups is 2. The Morgan fingerprint density at radius 2 is 1.90 bits per heavy atom. The maximum atomic E-state index is 12.6. The molecule has 1 atom stereocenters. The Morgan fingerprint density at radius 1 is 1.17 bits per heavy atom. The molecular formula is C22H22N4O4. The molecular weight excluding hydrogens is 384 g/mol. The van der Waals surface area contributed by atoms with Crippen LogP contribution in [0.2, 0.25) is 0 Å². The number of aromatic nitrogens is 1. The van der Waals surface area contributed by atoms with Gasteiger partial charge < -0.3 is 5.32 Å². The maximum Gasteiger partial charge on any atom is 0.293 e. The molecule has 0 radical (unpaired) electrons. The lowest BCUT2D eigenvalue weighted by molar-refractivity contribution is -0.384. The molecule has 1 aromatic heterocycles. The minimum Gasteiger partial charge on any atom is -0.371 e. The molecule has 1 amide bonds. The Morgan fingerprint density at radius 3 is 2.57 bits per heavy atom. The number of rotatable bonds is 8. The lowest BCUT2D eigenvalue weighted by Gasteiger charge is -2.18. The number of anilines is 1. The fourth-order valence-corrected chi connectivity index (χ4v) is 2.86. The van der Waals surface area contributed by atoms with Gasteiger partial charge in [-0.05, 0) is 36.8 Å². The summed E-state index contributed by atoms with van der Waals surface area (Å²) < 4.78 is 0. The largest absolute Gasteiger partial charge is 0.371 e. The summed E-state index contributed by atoms with van der Waals surface area (Å²) in [4.78, 5) is 33.5. The van der Waals surface area contributed by atoms with Crippen molar-refractivity contribution >= 4 is 17.3 Å². The molecule has 30 heavy (non-hydrogen) atoms. The van der Waals surface area contributed by atoms with Crippen molar-refractivity contribution < 1.29 is 14.6 Å². The molecule has 0 aliphatic carbocycles. The average Bonchev–Trinajstić information content (AvgIpc) is 2.78. The third kappa shape index (κ3) is 5.18. The first-order valence-corrected chi connectivity index (χ1v) is 9.36. The molecule has 0 aliphatic heterocycles. The Balaban J connectivity index is 1.73. The Labute approximate surface area is 174 Å². The van der Waals surface area contributed by atoms with Crippen LogP contribution < -0.4 is 5.32 Å². The quantitative estimate of drug-likeness (QED) is 0.441. The highest BCUT2D eigenvalue weighted by Gasteiger charge is 2.21. The van der Waals surface area contributed by atoms with Gasteiger partial charge in [0.15, 0.2) is 0 Å². The fourth-order valence-electron chi connectivity index (χ4n) is 2.86. The number of amides is 1. The maximum absolute atomic E-state index is 12.6. The number of nitrogens with zero attached hydrogens (tertiary/aromatic N) is 3. The fraction of sp³-hybridized carbons (Fsp3) is 0.182. The predicted octanol–water partition coefficient (Wildman–Crippen LogP) is 4.37. The van der Waals surface area contributed by atoms with Gasteiger partial charge in [0.2, 0.25) is 0 Å². The molecule has 0 fully saturated rings. The average molecular weight is 406 g/mol. The van der Waals surface area contributed by atoms with Crippen molar-refractivity contribution in [3.05, 3.63) is 99.9 Å². The van der Waals surface area contributed by atoms with Crippen LogP contribution in [0, 0.1) is 10.1 Å². The van der Waals surface area contributed by atoms with Crippen LogP contribution in [0.3, 0.4) is 0 Å². The lowest BCUT2D eigenvalue weighted by Crippen LogP contribution is -2.27. The van der Waals surface area contributed by atoms with Gasteiger partial charge in [-0.15, -0.1) is 0 Å². The molecule has 3 aromatic rings. The second kappa shape index (κ2) is 9.62. The minimum atomic E-state index is -0.519. The molecule has 0 saturated carbocycles. The van der Waals surface area contributed by atoms with E-state index in [0.29, 0.717) is 5.69 Å². The van der Waals surface area contributed by atoms with Crippen molar-refractivity contribution in [3.8, 4) is 0 Å². The summed E-state index contributed by atoms with van der Waals surface area (Å²) in [5.41, 5.74) is 1.93. The van der Waals surface area contributed by atoms with E-state index >= 15 is 0 Å². The molecule has 1 N–H and O–H groups in total. The summed E-state index contributed by atoms with van der Waals surface area (Å²) in [7, 11) is 1.48. The molecule has 0 saturated heterocycles. The Bertz CT molecular complexity index is 1010. The summed E-state index contributed by atoms with van der Waals surface area (Å²) >= 11 is 0. The second-order valence-electron chi connectivity index (χ2n) is 6.67. The summed E-state index contributed by atoms with van der Waals surface area (Å²) in [5.74, 6) is -0.474. The van der Waals surface area contributed by atoms with Gasteiger partial charge in [0.05, 0.1) is 16.7 Å². The highest BCUT2D eigenvalue weighted by molar-refractivity contribution is 5.95. The van der Waals surface area contributed by atoms with E-state index in [1.54, 1.807) is 12.3 Å². The first-order valence-electron chi connectivity index (χ1n) is 9.36. The Kier molecular flexibility index (Phi) is 6.71. The number of hydrogen-bond donors (Lipinski definition) is 1. The van der Waals surface area contributed by atoms with Crippen LogP contribution in [0.5, 0.6) is 0 Å². The SMILES string of the molecule is C[C@H](Nc1ccc(C(=O)N(C)OCc2ccccc2)cc1[N+](=O)[O-])c1ccccn1. The molecule has 3 rings (SSSR count). The topological polar surface area (TPSA) is 97.6 Å². The first-order chi connectivity index (χ1) is 14.5. The molecule has 0 bridgehead atoms. The third-order valence-corrected chi connectivity index (χ3v) is 4.50. The van der Waals surface area contributed by atoms with E-state index in [1.165, 1.54) is 25.2 Å². The van der Waals surface area contributed by atoms with Crippen LogP contribution in [-0.2, 0) is 11.4 Å². The number of nitrogens with one attached hydrogen (secondary N) is 1. The van der Waals surface area contributed by atoms with E-state index in [-0.39, 0.29) is 23.9 Å². The normalized spacial score (nSPS) is 11.5. The zero-order valence-electron chi connectivity index (χ0n) is 16.7. The van der Waals surface area contributed by atoms with E-state index in [9.17, 15) is 14.9 Å². The van der Waals surface area contributed by atoms with Crippen molar-refractivity contribution in [1.29, 1.82) is 0 Å². The van der Waals surface area contributed by atoms with Gasteiger partial charge in [-0.2, -0.15) is 0 Å². The molecule has 2 aromatic carbocycles. The summed E-state index contributed by atoms with van der Waals surface area (Å²) in [6.07, 6.45) is 1.66.